The summed E-state index contributed by atoms with van der Waals surface area (Å²) in [6, 6.07) is 9.01. The van der Waals surface area contributed by atoms with Crippen molar-refractivity contribution in [2.24, 2.45) is 5.92 Å². The van der Waals surface area contributed by atoms with Gasteiger partial charge in [-0.2, -0.15) is 10.0 Å². The van der Waals surface area contributed by atoms with Crippen LogP contribution in [0.5, 0.6) is 0 Å². The first kappa shape index (κ1) is 23.1. The van der Waals surface area contributed by atoms with Crippen LogP contribution in [0.15, 0.2) is 46.7 Å². The average molecular weight is 349 g/mol. The van der Waals surface area contributed by atoms with Crippen LogP contribution in [0.2, 0.25) is 0 Å². The van der Waals surface area contributed by atoms with E-state index in [1.54, 1.807) is 9.80 Å². The molecule has 1 fully saturated rings. The summed E-state index contributed by atoms with van der Waals surface area (Å²) in [5, 5.41) is 0. The van der Waals surface area contributed by atoms with Crippen LogP contribution in [0.4, 0.5) is 0 Å². The number of rotatable bonds is 1. The van der Waals surface area contributed by atoms with Gasteiger partial charge in [-0.15, -0.1) is 0 Å². The zero-order valence-corrected chi connectivity index (χ0v) is 18.2. The van der Waals surface area contributed by atoms with Crippen molar-refractivity contribution in [1.82, 2.24) is 0 Å². The Hall–Kier alpha value is -0.950. The Kier molecular flexibility index (Phi) is 11.1. The van der Waals surface area contributed by atoms with Crippen LogP contribution in [0.3, 0.4) is 0 Å². The Balaban J connectivity index is 0.000000573. The predicted molar refractivity (Wildman–Crippen MR) is 117 cm³/mol. The molecule has 0 aliphatic carbocycles. The van der Waals surface area contributed by atoms with Gasteiger partial charge >= 0.3 is 0 Å². The zero-order valence-electron chi connectivity index (χ0n) is 17.4. The van der Waals surface area contributed by atoms with Gasteiger partial charge in [0.1, 0.15) is 0 Å². The largest absolute Gasteiger partial charge is 0.187 e. The van der Waals surface area contributed by atoms with Crippen molar-refractivity contribution < 1.29 is 0 Å². The molecule has 0 aromatic heterocycles. The third-order valence-corrected chi connectivity index (χ3v) is 8.41. The number of allylic oxidation sites excluding steroid dienone is 2. The summed E-state index contributed by atoms with van der Waals surface area (Å²) in [6.45, 7) is 20.8. The molecular formula is C23H40S. The summed E-state index contributed by atoms with van der Waals surface area (Å²) < 4.78 is 0. The van der Waals surface area contributed by atoms with Crippen molar-refractivity contribution >= 4 is 15.6 Å². The summed E-state index contributed by atoms with van der Waals surface area (Å²) in [5.41, 5.74) is 2.98. The summed E-state index contributed by atoms with van der Waals surface area (Å²) in [6.07, 6.45) is 4.93. The van der Waals surface area contributed by atoms with Gasteiger partial charge in [0.05, 0.1) is 0 Å². The van der Waals surface area contributed by atoms with Gasteiger partial charge in [0.25, 0.3) is 0 Å². The molecule has 1 heteroatoms. The minimum atomic E-state index is -0.664. The van der Waals surface area contributed by atoms with E-state index in [2.05, 4.69) is 64.6 Å². The van der Waals surface area contributed by atoms with Crippen LogP contribution in [-0.4, -0.2) is 11.5 Å². The van der Waals surface area contributed by atoms with Gasteiger partial charge in [0.2, 0.25) is 0 Å². The van der Waals surface area contributed by atoms with E-state index in [1.807, 2.05) is 27.7 Å². The van der Waals surface area contributed by atoms with Gasteiger partial charge in [0, 0.05) is 4.90 Å². The number of hydrogen-bond donors (Lipinski definition) is 0. The fraction of sp³-hybridized carbons (Fsp3) is 0.565. The summed E-state index contributed by atoms with van der Waals surface area (Å²) in [7, 11) is -0.664. The lowest BCUT2D eigenvalue weighted by molar-refractivity contribution is 0.737. The first-order valence-corrected chi connectivity index (χ1v) is 11.7. The standard InChI is InChI=1S/C15H18S.C4H10.2C2H6/c1-3-14-12(2)13-8-4-5-9-15(13)16(14)10-6-7-11-16;1-4(2)3;2*1-2/h3-5,8-9H,1,6-7,10-11H2,2H3;4H,1-3H3;2*1-2H3. The van der Waals surface area contributed by atoms with Gasteiger partial charge in [0.15, 0.2) is 0 Å². The van der Waals surface area contributed by atoms with Crippen LogP contribution in [0.1, 0.15) is 73.8 Å². The zero-order chi connectivity index (χ0) is 18.8. The van der Waals surface area contributed by atoms with E-state index in [1.165, 1.54) is 35.5 Å². The van der Waals surface area contributed by atoms with Crippen molar-refractivity contribution in [3.8, 4) is 0 Å². The van der Waals surface area contributed by atoms with Crippen molar-refractivity contribution in [2.75, 3.05) is 11.5 Å². The highest BCUT2D eigenvalue weighted by molar-refractivity contribution is 8.37. The Morgan fingerprint density at radius 2 is 1.42 bits per heavy atom. The number of hydrogen-bond acceptors (Lipinski definition) is 0. The molecule has 0 atom stereocenters. The Bertz CT molecular complexity index is 514. The Labute approximate surface area is 153 Å². The molecule has 0 radical (unpaired) electrons. The maximum Gasteiger partial charge on any atom is 0.00168 e. The molecule has 0 N–H and O–H groups in total. The summed E-state index contributed by atoms with van der Waals surface area (Å²) >= 11 is 0. The monoisotopic (exact) mass is 348 g/mol. The highest BCUT2D eigenvalue weighted by Crippen LogP contribution is 2.72. The van der Waals surface area contributed by atoms with E-state index < -0.39 is 10.0 Å². The van der Waals surface area contributed by atoms with Gasteiger partial charge in [-0.25, -0.2) is 0 Å². The maximum atomic E-state index is 4.06. The van der Waals surface area contributed by atoms with Gasteiger partial charge < -0.3 is 0 Å². The van der Waals surface area contributed by atoms with Gasteiger partial charge in [-0.05, 0) is 59.3 Å². The fourth-order valence-electron chi connectivity index (χ4n) is 3.21. The lowest BCUT2D eigenvalue weighted by atomic mass is 10.1. The lowest BCUT2D eigenvalue weighted by Crippen LogP contribution is -2.01. The van der Waals surface area contributed by atoms with Gasteiger partial charge in [-0.3, -0.25) is 0 Å². The van der Waals surface area contributed by atoms with Gasteiger partial charge in [-0.1, -0.05) is 79.3 Å². The first-order valence-electron chi connectivity index (χ1n) is 9.74. The Morgan fingerprint density at radius 1 is 0.958 bits per heavy atom. The van der Waals surface area contributed by atoms with Crippen LogP contribution < -0.4 is 0 Å². The van der Waals surface area contributed by atoms with Crippen LogP contribution >= 0.6 is 10.0 Å². The molecule has 0 saturated carbocycles. The molecule has 2 aliphatic rings. The first-order chi connectivity index (χ1) is 11.5. The second-order valence-electron chi connectivity index (χ2n) is 6.42. The molecule has 3 rings (SSSR count). The van der Waals surface area contributed by atoms with E-state index >= 15 is 0 Å². The average Bonchev–Trinajstić information content (AvgIpc) is 3.17. The molecule has 0 amide bonds. The number of benzene rings is 1. The third kappa shape index (κ3) is 5.02. The molecule has 0 bridgehead atoms. The second-order valence-corrected chi connectivity index (χ2v) is 9.88. The molecule has 2 heterocycles. The van der Waals surface area contributed by atoms with Crippen molar-refractivity contribution in [1.29, 1.82) is 0 Å². The van der Waals surface area contributed by atoms with Crippen LogP contribution in [-0.2, 0) is 0 Å². The maximum absolute atomic E-state index is 4.06. The molecule has 0 nitrogen and oxygen atoms in total. The second kappa shape index (κ2) is 11.6. The molecule has 2 aliphatic heterocycles. The van der Waals surface area contributed by atoms with Crippen LogP contribution in [0, 0.1) is 5.92 Å². The molecule has 1 aromatic rings. The highest BCUT2D eigenvalue weighted by Gasteiger charge is 2.39. The quantitative estimate of drug-likeness (QED) is 0.479. The van der Waals surface area contributed by atoms with E-state index in [4.69, 9.17) is 0 Å². The van der Waals surface area contributed by atoms with E-state index in [0.29, 0.717) is 0 Å². The summed E-state index contributed by atoms with van der Waals surface area (Å²) in [5.74, 6) is 3.62. The minimum Gasteiger partial charge on any atom is -0.187 e. The van der Waals surface area contributed by atoms with Crippen molar-refractivity contribution in [3.05, 3.63) is 47.4 Å². The molecule has 0 unspecified atom stereocenters. The molecule has 138 valence electrons. The number of fused-ring (bicyclic) bond motifs is 2. The lowest BCUT2D eigenvalue weighted by Gasteiger charge is -2.34. The molecule has 1 spiro atoms. The van der Waals surface area contributed by atoms with E-state index in [-0.39, 0.29) is 0 Å². The predicted octanol–water partition coefficient (Wildman–Crippen LogP) is 8.29. The summed E-state index contributed by atoms with van der Waals surface area (Å²) in [4.78, 5) is 3.21. The molecule has 1 aromatic carbocycles. The van der Waals surface area contributed by atoms with E-state index in [0.717, 1.165) is 5.92 Å². The van der Waals surface area contributed by atoms with E-state index in [9.17, 15) is 0 Å². The fourth-order valence-corrected chi connectivity index (χ4v) is 7.92. The third-order valence-electron chi connectivity index (χ3n) is 3.92. The van der Waals surface area contributed by atoms with Crippen LogP contribution in [0.25, 0.3) is 5.57 Å². The topological polar surface area (TPSA) is 0 Å². The SMILES string of the molecule is C=CC1=C(C)c2ccccc2S12CCCC2.CC.CC.CC(C)C. The molecule has 1 saturated heterocycles. The van der Waals surface area contributed by atoms with Crippen molar-refractivity contribution in [3.63, 3.8) is 0 Å². The molecular weight excluding hydrogens is 308 g/mol. The highest BCUT2D eigenvalue weighted by atomic mass is 32.3. The van der Waals surface area contributed by atoms with Crippen molar-refractivity contribution in [2.45, 2.75) is 73.1 Å². The molecule has 24 heavy (non-hydrogen) atoms. The Morgan fingerprint density at radius 3 is 1.88 bits per heavy atom. The smallest absolute Gasteiger partial charge is 0.00168 e. The minimum absolute atomic E-state index is 0.664. The normalized spacial score (nSPS) is 17.7.